The van der Waals surface area contributed by atoms with Crippen LogP contribution in [-0.4, -0.2) is 36.0 Å². The van der Waals surface area contributed by atoms with E-state index in [9.17, 15) is 4.79 Å². The van der Waals surface area contributed by atoms with Crippen LogP contribution in [0.4, 0.5) is 0 Å². The van der Waals surface area contributed by atoms with Gasteiger partial charge in [0.15, 0.2) is 0 Å². The van der Waals surface area contributed by atoms with Gasteiger partial charge in [0.25, 0.3) is 0 Å². The molecule has 1 heterocycles. The number of allylic oxidation sites excluding steroid dienone is 2. The second kappa shape index (κ2) is 10.7. The molecule has 4 heteroatoms. The zero-order valence-electron chi connectivity index (χ0n) is 17.0. The first kappa shape index (κ1) is 21.0. The molecule has 1 unspecified atom stereocenters. The molecule has 0 spiro atoms. The molecule has 1 N–H and O–H groups in total. The minimum atomic E-state index is 0.182. The standard InChI is InChI=1S/C22H37N3O/c1-4-17(13-14-23)7-8-18(5-2)19-9-11-21(12-10-19)25-15-20(16-25)24-22(26)6-3/h4,18-21H,5-13,15-16H2,1-3H3,(H,24,26)/b17-4+. The summed E-state index contributed by atoms with van der Waals surface area (Å²) in [7, 11) is 0. The van der Waals surface area contributed by atoms with Crippen molar-refractivity contribution >= 4 is 5.91 Å². The number of carbonyl (C=O) groups is 1. The third kappa shape index (κ3) is 5.84. The first-order valence-corrected chi connectivity index (χ1v) is 10.7. The van der Waals surface area contributed by atoms with E-state index in [4.69, 9.17) is 5.26 Å². The van der Waals surface area contributed by atoms with E-state index in [1.54, 1.807) is 0 Å². The number of nitrogens with one attached hydrogen (secondary N) is 1. The summed E-state index contributed by atoms with van der Waals surface area (Å²) < 4.78 is 0. The van der Waals surface area contributed by atoms with Gasteiger partial charge in [-0.1, -0.05) is 31.9 Å². The van der Waals surface area contributed by atoms with Crippen molar-refractivity contribution in [1.82, 2.24) is 10.2 Å². The van der Waals surface area contributed by atoms with Gasteiger partial charge in [-0.05, 0) is 57.3 Å². The third-order valence-electron chi connectivity index (χ3n) is 6.60. The maximum atomic E-state index is 11.5. The number of carbonyl (C=O) groups excluding carboxylic acids is 1. The average Bonchev–Trinajstić information content (AvgIpc) is 2.64. The van der Waals surface area contributed by atoms with Gasteiger partial charge in [0.2, 0.25) is 5.91 Å². The molecular formula is C22H37N3O. The summed E-state index contributed by atoms with van der Waals surface area (Å²) in [5, 5.41) is 12.0. The van der Waals surface area contributed by atoms with E-state index in [1.807, 2.05) is 6.92 Å². The highest BCUT2D eigenvalue weighted by molar-refractivity contribution is 5.76. The lowest BCUT2D eigenvalue weighted by Gasteiger charge is -2.47. The number of nitriles is 1. The highest BCUT2D eigenvalue weighted by Crippen LogP contribution is 2.37. The predicted octanol–water partition coefficient (Wildman–Crippen LogP) is 4.42. The molecular weight excluding hydrogens is 322 g/mol. The molecule has 2 fully saturated rings. The van der Waals surface area contributed by atoms with Gasteiger partial charge in [0, 0.05) is 25.6 Å². The van der Waals surface area contributed by atoms with E-state index in [1.165, 1.54) is 44.1 Å². The molecule has 1 aliphatic carbocycles. The SMILES string of the molecule is C/C=C(/CC#N)CCC(CC)C1CCC(N2CC(NC(=O)CC)C2)CC1. The molecule has 26 heavy (non-hydrogen) atoms. The van der Waals surface area contributed by atoms with Crippen LogP contribution in [-0.2, 0) is 4.79 Å². The van der Waals surface area contributed by atoms with E-state index in [2.05, 4.69) is 36.2 Å². The largest absolute Gasteiger partial charge is 0.351 e. The normalized spacial score (nSPS) is 26.0. The van der Waals surface area contributed by atoms with Crippen molar-refractivity contribution in [2.45, 2.75) is 90.6 Å². The lowest BCUT2D eigenvalue weighted by Crippen LogP contribution is -2.62. The minimum Gasteiger partial charge on any atom is -0.351 e. The zero-order chi connectivity index (χ0) is 18.9. The molecule has 1 amide bonds. The summed E-state index contributed by atoms with van der Waals surface area (Å²) in [5.74, 6) is 1.84. The van der Waals surface area contributed by atoms with Crippen LogP contribution < -0.4 is 5.32 Å². The van der Waals surface area contributed by atoms with Crippen LogP contribution in [0.25, 0.3) is 0 Å². The maximum Gasteiger partial charge on any atom is 0.220 e. The maximum absolute atomic E-state index is 11.5. The number of nitrogens with zero attached hydrogens (tertiary/aromatic N) is 2. The fourth-order valence-corrected chi connectivity index (χ4v) is 4.75. The smallest absolute Gasteiger partial charge is 0.220 e. The van der Waals surface area contributed by atoms with Crippen LogP contribution in [0.2, 0.25) is 0 Å². The Kier molecular flexibility index (Phi) is 8.65. The number of hydrogen-bond donors (Lipinski definition) is 1. The topological polar surface area (TPSA) is 56.1 Å². The van der Waals surface area contributed by atoms with Gasteiger partial charge in [-0.25, -0.2) is 0 Å². The Balaban J connectivity index is 1.70. The number of rotatable bonds is 9. The quantitative estimate of drug-likeness (QED) is 0.620. The molecule has 0 bridgehead atoms. The lowest BCUT2D eigenvalue weighted by molar-refractivity contribution is -0.123. The number of hydrogen-bond acceptors (Lipinski definition) is 3. The second-order valence-electron chi connectivity index (χ2n) is 8.13. The molecule has 2 aliphatic rings. The van der Waals surface area contributed by atoms with Crippen LogP contribution in [0.5, 0.6) is 0 Å². The van der Waals surface area contributed by atoms with Gasteiger partial charge in [-0.3, -0.25) is 9.69 Å². The molecule has 2 rings (SSSR count). The Morgan fingerprint density at radius 3 is 2.50 bits per heavy atom. The third-order valence-corrected chi connectivity index (χ3v) is 6.60. The summed E-state index contributed by atoms with van der Waals surface area (Å²) in [6, 6.07) is 3.39. The fraction of sp³-hybridized carbons (Fsp3) is 0.818. The predicted molar refractivity (Wildman–Crippen MR) is 107 cm³/mol. The number of likely N-dealkylation sites (tertiary alicyclic amines) is 1. The van der Waals surface area contributed by atoms with Gasteiger partial charge < -0.3 is 5.32 Å². The van der Waals surface area contributed by atoms with Crippen LogP contribution >= 0.6 is 0 Å². The van der Waals surface area contributed by atoms with Gasteiger partial charge in [-0.2, -0.15) is 5.26 Å². The summed E-state index contributed by atoms with van der Waals surface area (Å²) >= 11 is 0. The summed E-state index contributed by atoms with van der Waals surface area (Å²) in [4.78, 5) is 14.0. The van der Waals surface area contributed by atoms with Crippen molar-refractivity contribution in [3.63, 3.8) is 0 Å². The van der Waals surface area contributed by atoms with Crippen LogP contribution in [0.3, 0.4) is 0 Å². The average molecular weight is 360 g/mol. The van der Waals surface area contributed by atoms with Crippen molar-refractivity contribution in [3.05, 3.63) is 11.6 Å². The van der Waals surface area contributed by atoms with Crippen LogP contribution in [0.1, 0.15) is 78.6 Å². The first-order valence-electron chi connectivity index (χ1n) is 10.7. The van der Waals surface area contributed by atoms with Gasteiger partial charge in [0.1, 0.15) is 0 Å². The first-order chi connectivity index (χ1) is 12.6. The molecule has 1 saturated heterocycles. The van der Waals surface area contributed by atoms with Gasteiger partial charge in [-0.15, -0.1) is 0 Å². The van der Waals surface area contributed by atoms with Crippen molar-refractivity contribution < 1.29 is 4.79 Å². The monoisotopic (exact) mass is 359 g/mol. The van der Waals surface area contributed by atoms with E-state index < -0.39 is 0 Å². The molecule has 4 nitrogen and oxygen atoms in total. The number of amides is 1. The van der Waals surface area contributed by atoms with E-state index in [0.29, 0.717) is 18.9 Å². The second-order valence-corrected chi connectivity index (χ2v) is 8.13. The van der Waals surface area contributed by atoms with Crippen molar-refractivity contribution in [3.8, 4) is 6.07 Å². The summed E-state index contributed by atoms with van der Waals surface area (Å²) in [6.07, 6.45) is 12.2. The zero-order valence-corrected chi connectivity index (χ0v) is 17.0. The lowest BCUT2D eigenvalue weighted by atomic mass is 9.74. The molecule has 1 saturated carbocycles. The van der Waals surface area contributed by atoms with Crippen molar-refractivity contribution in [2.24, 2.45) is 11.8 Å². The van der Waals surface area contributed by atoms with E-state index in [-0.39, 0.29) is 5.91 Å². The Morgan fingerprint density at radius 2 is 1.96 bits per heavy atom. The van der Waals surface area contributed by atoms with Crippen LogP contribution in [0.15, 0.2) is 11.6 Å². The molecule has 0 aromatic heterocycles. The molecule has 1 atom stereocenters. The Hall–Kier alpha value is -1.34. The van der Waals surface area contributed by atoms with Gasteiger partial charge in [0.05, 0.1) is 18.5 Å². The molecule has 0 aromatic rings. The summed E-state index contributed by atoms with van der Waals surface area (Å²) in [6.45, 7) is 8.37. The highest BCUT2D eigenvalue weighted by Gasteiger charge is 2.36. The van der Waals surface area contributed by atoms with E-state index in [0.717, 1.165) is 37.4 Å². The molecule has 1 aliphatic heterocycles. The van der Waals surface area contributed by atoms with Gasteiger partial charge >= 0.3 is 0 Å². The molecule has 0 aromatic carbocycles. The highest BCUT2D eigenvalue weighted by atomic mass is 16.1. The summed E-state index contributed by atoms with van der Waals surface area (Å²) in [5.41, 5.74) is 1.31. The van der Waals surface area contributed by atoms with Crippen molar-refractivity contribution in [1.29, 1.82) is 5.26 Å². The Morgan fingerprint density at radius 1 is 1.27 bits per heavy atom. The molecule has 146 valence electrons. The van der Waals surface area contributed by atoms with Crippen LogP contribution in [0, 0.1) is 23.2 Å². The van der Waals surface area contributed by atoms with E-state index >= 15 is 0 Å². The molecule has 0 radical (unpaired) electrons. The minimum absolute atomic E-state index is 0.182. The fourth-order valence-electron chi connectivity index (χ4n) is 4.75. The Bertz CT molecular complexity index is 508. The van der Waals surface area contributed by atoms with Crippen molar-refractivity contribution in [2.75, 3.05) is 13.1 Å². The Labute approximate surface area is 160 Å².